The number of ether oxygens (including phenoxy) is 1. The van der Waals surface area contributed by atoms with Crippen LogP contribution in [0.15, 0.2) is 83.8 Å². The maximum atomic E-state index is 13.7. The molecule has 3 aromatic carbocycles. The van der Waals surface area contributed by atoms with Gasteiger partial charge in [0, 0.05) is 13.1 Å². The minimum Gasteiger partial charge on any atom is -0.445 e. The number of aliphatic hydroxyl groups excluding tert-OH is 1. The number of nitrogens with zero attached hydrogens (tertiary/aromatic N) is 2. The highest BCUT2D eigenvalue weighted by Gasteiger charge is 2.28. The molecule has 1 heterocycles. The molecule has 1 amide bonds. The Bertz CT molecular complexity index is 1380. The fraction of sp³-hybridized carbons (Fsp3) is 0.310. The predicted octanol–water partition coefficient (Wildman–Crippen LogP) is 4.02. The molecule has 4 aromatic rings. The molecule has 0 fully saturated rings. The number of aromatic amines is 1. The summed E-state index contributed by atoms with van der Waals surface area (Å²) >= 11 is 0. The van der Waals surface area contributed by atoms with Crippen molar-refractivity contribution in [3.8, 4) is 0 Å². The number of hydrogen-bond donors (Lipinski definition) is 4. The van der Waals surface area contributed by atoms with E-state index in [-0.39, 0.29) is 25.0 Å². The molecule has 4 rings (SSSR count). The van der Waals surface area contributed by atoms with Crippen LogP contribution >= 0.6 is 0 Å². The number of amides is 1. The Morgan fingerprint density at radius 3 is 2.38 bits per heavy atom. The van der Waals surface area contributed by atoms with Crippen LogP contribution in [0.4, 0.5) is 10.7 Å². The Labute approximate surface area is 231 Å². The average Bonchev–Trinajstić information content (AvgIpc) is 3.31. The van der Waals surface area contributed by atoms with Crippen molar-refractivity contribution in [2.75, 3.05) is 18.8 Å². The smallest absolute Gasteiger partial charge is 0.407 e. The number of carbonyl (C=O) groups is 1. The summed E-state index contributed by atoms with van der Waals surface area (Å²) in [5.41, 5.74) is 8.95. The quantitative estimate of drug-likeness (QED) is 0.211. The Morgan fingerprint density at radius 1 is 1.05 bits per heavy atom. The van der Waals surface area contributed by atoms with Gasteiger partial charge in [-0.1, -0.05) is 74.5 Å². The van der Waals surface area contributed by atoms with E-state index in [1.165, 1.54) is 0 Å². The molecule has 0 saturated heterocycles. The Morgan fingerprint density at radius 2 is 1.72 bits per heavy atom. The largest absolute Gasteiger partial charge is 0.445 e. The number of fused-ring (bicyclic) bond motifs is 1. The summed E-state index contributed by atoms with van der Waals surface area (Å²) in [7, 11) is -1.57. The molecule has 0 bridgehead atoms. The fourth-order valence-corrected chi connectivity index (χ4v) is 5.71. The van der Waals surface area contributed by atoms with Crippen LogP contribution in [-0.4, -0.2) is 54.9 Å². The molecule has 0 spiro atoms. The summed E-state index contributed by atoms with van der Waals surface area (Å²) in [5.74, 6) is 0.473. The van der Waals surface area contributed by atoms with Gasteiger partial charge in [0.05, 0.1) is 28.1 Å². The number of hydrogen-bond acceptors (Lipinski definition) is 6. The Kier molecular flexibility index (Phi) is 9.69. The number of anilines is 1. The highest BCUT2D eigenvalue weighted by molar-refractivity contribution is 7.82. The molecule has 3 atom stereocenters. The first-order chi connectivity index (χ1) is 18.8. The molecule has 0 aliphatic rings. The van der Waals surface area contributed by atoms with E-state index in [9.17, 15) is 14.1 Å². The van der Waals surface area contributed by atoms with Crippen LogP contribution in [0.5, 0.6) is 0 Å². The van der Waals surface area contributed by atoms with E-state index in [4.69, 9.17) is 10.5 Å². The third kappa shape index (κ3) is 8.13. The number of rotatable bonds is 12. The van der Waals surface area contributed by atoms with Gasteiger partial charge in [0.15, 0.2) is 5.95 Å². The third-order valence-corrected chi connectivity index (χ3v) is 7.57. The zero-order valence-electron chi connectivity index (χ0n) is 22.1. The molecular weight excluding hydrogens is 514 g/mol. The van der Waals surface area contributed by atoms with Gasteiger partial charge in [0.2, 0.25) is 0 Å². The highest BCUT2D eigenvalue weighted by Crippen LogP contribution is 2.20. The maximum absolute atomic E-state index is 13.7. The lowest BCUT2D eigenvalue weighted by molar-refractivity contribution is 0.0883. The summed E-state index contributed by atoms with van der Waals surface area (Å²) in [4.78, 5) is 20.5. The van der Waals surface area contributed by atoms with Crippen LogP contribution in [-0.2, 0) is 28.8 Å². The monoisotopic (exact) mass is 549 g/mol. The number of nitrogen functional groups attached to an aromatic ring is 1. The number of H-pyrrole nitrogens is 1. The third-order valence-electron chi connectivity index (χ3n) is 6.15. The molecule has 0 saturated carbocycles. The summed E-state index contributed by atoms with van der Waals surface area (Å²) in [6.45, 7) is 4.71. The second kappa shape index (κ2) is 13.4. The number of aromatic nitrogens is 2. The van der Waals surface area contributed by atoms with Crippen molar-refractivity contribution in [2.24, 2.45) is 5.92 Å². The van der Waals surface area contributed by atoms with Gasteiger partial charge < -0.3 is 25.9 Å². The molecular formula is C29H35N5O4S. The van der Waals surface area contributed by atoms with Crippen molar-refractivity contribution < 1.29 is 18.8 Å². The molecule has 206 valence electrons. The maximum Gasteiger partial charge on any atom is 0.407 e. The van der Waals surface area contributed by atoms with Crippen molar-refractivity contribution in [1.82, 2.24) is 19.6 Å². The van der Waals surface area contributed by atoms with Gasteiger partial charge in [-0.05, 0) is 41.7 Å². The zero-order chi connectivity index (χ0) is 27.8. The number of aliphatic hydroxyl groups is 1. The van der Waals surface area contributed by atoms with Gasteiger partial charge in [-0.3, -0.25) is 0 Å². The van der Waals surface area contributed by atoms with Crippen molar-refractivity contribution in [3.05, 3.63) is 90.0 Å². The van der Waals surface area contributed by atoms with Crippen molar-refractivity contribution in [3.63, 3.8) is 0 Å². The van der Waals surface area contributed by atoms with Gasteiger partial charge in [-0.25, -0.2) is 18.3 Å². The van der Waals surface area contributed by atoms with E-state index in [1.807, 2.05) is 74.5 Å². The molecule has 0 radical (unpaired) electrons. The topological polar surface area (TPSA) is 134 Å². The van der Waals surface area contributed by atoms with Crippen molar-refractivity contribution in [1.29, 1.82) is 0 Å². The first kappa shape index (κ1) is 28.3. The lowest BCUT2D eigenvalue weighted by Crippen LogP contribution is -2.50. The van der Waals surface area contributed by atoms with Crippen LogP contribution in [0.2, 0.25) is 0 Å². The molecule has 10 heteroatoms. The Balaban J connectivity index is 1.50. The van der Waals surface area contributed by atoms with Gasteiger partial charge >= 0.3 is 6.09 Å². The zero-order valence-corrected chi connectivity index (χ0v) is 22.9. The standard InChI is InChI=1S/C29H35N5O4S/c1-20(2)17-34(39(37)23-13-14-24-25(16-23)32-28(30)31-24)18-27(35)26(15-21-9-5-3-6-10-21)33-29(36)38-19-22-11-7-4-8-12-22/h3-14,16,20,26-27,35H,15,17-19H2,1-2H3,(H,33,36)(H3,30,31,32)/t26-,27+,39?/m0/s1. The molecule has 0 aliphatic carbocycles. The molecule has 5 N–H and O–H groups in total. The molecule has 9 nitrogen and oxygen atoms in total. The normalized spacial score (nSPS) is 13.9. The predicted molar refractivity (Wildman–Crippen MR) is 153 cm³/mol. The molecule has 0 aliphatic heterocycles. The lowest BCUT2D eigenvalue weighted by atomic mass is 10.0. The Hall–Kier alpha value is -3.73. The number of carbonyl (C=O) groups excluding carboxylic acids is 1. The van der Waals surface area contributed by atoms with Crippen LogP contribution in [0.3, 0.4) is 0 Å². The van der Waals surface area contributed by atoms with Gasteiger partial charge in [-0.15, -0.1) is 0 Å². The number of nitrogens with two attached hydrogens (primary N) is 1. The van der Waals surface area contributed by atoms with E-state index in [0.29, 0.717) is 28.9 Å². The highest BCUT2D eigenvalue weighted by atomic mass is 32.2. The van der Waals surface area contributed by atoms with Crippen molar-refractivity contribution in [2.45, 2.75) is 43.9 Å². The summed E-state index contributed by atoms with van der Waals surface area (Å²) in [5, 5.41) is 14.2. The first-order valence-corrected chi connectivity index (χ1v) is 14.0. The summed E-state index contributed by atoms with van der Waals surface area (Å²) < 4.78 is 20.8. The molecule has 39 heavy (non-hydrogen) atoms. The van der Waals surface area contributed by atoms with E-state index in [2.05, 4.69) is 15.3 Å². The van der Waals surface area contributed by atoms with Crippen LogP contribution in [0.25, 0.3) is 11.0 Å². The number of benzene rings is 3. The number of nitrogens with one attached hydrogen (secondary N) is 2. The van der Waals surface area contributed by atoms with Crippen LogP contribution in [0.1, 0.15) is 25.0 Å². The second-order valence-corrected chi connectivity index (χ2v) is 11.3. The van der Waals surface area contributed by atoms with Gasteiger partial charge in [0.1, 0.15) is 17.6 Å². The summed E-state index contributed by atoms with van der Waals surface area (Å²) in [6.07, 6.45) is -1.27. The minimum atomic E-state index is -1.57. The number of imidazole rings is 1. The molecule has 1 unspecified atom stereocenters. The van der Waals surface area contributed by atoms with Gasteiger partial charge in [0.25, 0.3) is 0 Å². The molecule has 1 aromatic heterocycles. The minimum absolute atomic E-state index is 0.0738. The van der Waals surface area contributed by atoms with E-state index in [1.54, 1.807) is 22.5 Å². The van der Waals surface area contributed by atoms with E-state index >= 15 is 0 Å². The fourth-order valence-electron chi connectivity index (χ4n) is 4.29. The van der Waals surface area contributed by atoms with E-state index < -0.39 is 29.2 Å². The first-order valence-electron chi connectivity index (χ1n) is 12.9. The van der Waals surface area contributed by atoms with Crippen LogP contribution < -0.4 is 11.1 Å². The van der Waals surface area contributed by atoms with E-state index in [0.717, 1.165) is 11.1 Å². The van der Waals surface area contributed by atoms with Crippen molar-refractivity contribution >= 4 is 34.1 Å². The van der Waals surface area contributed by atoms with Gasteiger partial charge in [-0.2, -0.15) is 0 Å². The SMILES string of the molecule is CC(C)CN(C[C@@H](O)[C@H](Cc1ccccc1)NC(=O)OCc1ccccc1)S(=O)c1ccc2nc(N)[nH]c2c1. The average molecular weight is 550 g/mol. The lowest BCUT2D eigenvalue weighted by Gasteiger charge is -2.30. The number of alkyl carbamates (subject to hydrolysis) is 1. The second-order valence-electron chi connectivity index (χ2n) is 9.86. The van der Waals surface area contributed by atoms with Crippen LogP contribution in [0, 0.1) is 5.92 Å². The summed E-state index contributed by atoms with van der Waals surface area (Å²) in [6, 6.07) is 23.6.